The molecule has 2 N–H and O–H groups in total. The van der Waals surface area contributed by atoms with Crippen molar-refractivity contribution in [1.29, 1.82) is 0 Å². The summed E-state index contributed by atoms with van der Waals surface area (Å²) in [5.74, 6) is -0.280. The molecule has 134 valence electrons. The molecule has 7 nitrogen and oxygen atoms in total. The summed E-state index contributed by atoms with van der Waals surface area (Å²) in [5, 5.41) is 9.01. The van der Waals surface area contributed by atoms with Crippen molar-refractivity contribution in [3.05, 3.63) is 35.9 Å². The van der Waals surface area contributed by atoms with Crippen LogP contribution in [0.2, 0.25) is 0 Å². The maximum absolute atomic E-state index is 11.9. The Balaban J connectivity index is 1.45. The van der Waals surface area contributed by atoms with Crippen LogP contribution in [0.5, 0.6) is 0 Å². The smallest absolute Gasteiger partial charge is 0.222 e. The Morgan fingerprint density at radius 2 is 2.12 bits per heavy atom. The quantitative estimate of drug-likeness (QED) is 0.891. The number of nitrogens with two attached hydrogens (primary N) is 1. The Hall–Kier alpha value is -2.15. The predicted octanol–water partition coefficient (Wildman–Crippen LogP) is 1.43. The number of hydrogen-bond acceptors (Lipinski definition) is 4. The molecule has 1 saturated heterocycles. The van der Waals surface area contributed by atoms with Gasteiger partial charge in [-0.2, -0.15) is 10.2 Å². The second kappa shape index (κ2) is 6.63. The van der Waals surface area contributed by atoms with Crippen molar-refractivity contribution in [1.82, 2.24) is 24.5 Å². The van der Waals surface area contributed by atoms with Crippen LogP contribution in [0, 0.1) is 5.92 Å². The van der Waals surface area contributed by atoms with E-state index in [4.69, 9.17) is 10.8 Å². The van der Waals surface area contributed by atoms with Gasteiger partial charge in [-0.3, -0.25) is 19.1 Å². The minimum absolute atomic E-state index is 0.114. The molecular formula is C18H26N6O. The van der Waals surface area contributed by atoms with Gasteiger partial charge in [0.15, 0.2) is 0 Å². The van der Waals surface area contributed by atoms with E-state index in [-0.39, 0.29) is 17.7 Å². The summed E-state index contributed by atoms with van der Waals surface area (Å²) in [4.78, 5) is 14.2. The minimum atomic E-state index is -0.229. The van der Waals surface area contributed by atoms with Gasteiger partial charge in [0, 0.05) is 45.0 Å². The van der Waals surface area contributed by atoms with E-state index in [1.54, 1.807) is 4.68 Å². The van der Waals surface area contributed by atoms with Crippen LogP contribution in [-0.4, -0.2) is 43.5 Å². The number of aromatic nitrogens is 4. The van der Waals surface area contributed by atoms with Crippen LogP contribution in [0.3, 0.4) is 0 Å². The van der Waals surface area contributed by atoms with Crippen LogP contribution >= 0.6 is 0 Å². The first-order valence-electron chi connectivity index (χ1n) is 9.14. The molecule has 25 heavy (non-hydrogen) atoms. The number of carbonyl (C=O) groups excluding carboxylic acids is 1. The minimum Gasteiger partial charge on any atom is -0.369 e. The lowest BCUT2D eigenvalue weighted by Gasteiger charge is -2.14. The van der Waals surface area contributed by atoms with Crippen molar-refractivity contribution in [2.45, 2.75) is 44.2 Å². The van der Waals surface area contributed by atoms with Crippen molar-refractivity contribution in [2.24, 2.45) is 18.7 Å². The van der Waals surface area contributed by atoms with E-state index < -0.39 is 0 Å². The maximum atomic E-state index is 11.9. The number of amides is 1. The predicted molar refractivity (Wildman–Crippen MR) is 93.6 cm³/mol. The van der Waals surface area contributed by atoms with E-state index in [2.05, 4.69) is 26.9 Å². The Morgan fingerprint density at radius 3 is 2.80 bits per heavy atom. The first kappa shape index (κ1) is 16.3. The highest BCUT2D eigenvalue weighted by Gasteiger charge is 2.38. The normalized spacial score (nSPS) is 25.0. The molecule has 2 fully saturated rings. The molecule has 2 atom stereocenters. The lowest BCUT2D eigenvalue weighted by atomic mass is 9.90. The van der Waals surface area contributed by atoms with E-state index in [1.165, 1.54) is 25.7 Å². The molecule has 2 aromatic rings. The molecule has 0 unspecified atom stereocenters. The van der Waals surface area contributed by atoms with Gasteiger partial charge in [-0.05, 0) is 24.5 Å². The number of aryl methyl sites for hydroxylation is 1. The van der Waals surface area contributed by atoms with Gasteiger partial charge in [0.25, 0.3) is 0 Å². The molecule has 0 radical (unpaired) electrons. The van der Waals surface area contributed by atoms with Gasteiger partial charge in [-0.1, -0.05) is 12.8 Å². The van der Waals surface area contributed by atoms with Gasteiger partial charge in [-0.25, -0.2) is 0 Å². The van der Waals surface area contributed by atoms with Gasteiger partial charge in [0.1, 0.15) is 0 Å². The van der Waals surface area contributed by atoms with Gasteiger partial charge in [0.2, 0.25) is 5.91 Å². The first-order valence-corrected chi connectivity index (χ1v) is 9.14. The van der Waals surface area contributed by atoms with Crippen LogP contribution in [0.25, 0.3) is 0 Å². The molecule has 1 aliphatic carbocycles. The largest absolute Gasteiger partial charge is 0.369 e. The highest BCUT2D eigenvalue weighted by molar-refractivity contribution is 5.78. The number of hydrogen-bond donors (Lipinski definition) is 1. The summed E-state index contributed by atoms with van der Waals surface area (Å²) in [6, 6.07) is 2.67. The summed E-state index contributed by atoms with van der Waals surface area (Å²) in [5.41, 5.74) is 7.82. The van der Waals surface area contributed by atoms with E-state index in [0.717, 1.165) is 24.3 Å². The zero-order valence-corrected chi connectivity index (χ0v) is 14.7. The van der Waals surface area contributed by atoms with E-state index >= 15 is 0 Å². The maximum Gasteiger partial charge on any atom is 0.222 e. The van der Waals surface area contributed by atoms with Crippen molar-refractivity contribution >= 4 is 5.91 Å². The zero-order valence-electron chi connectivity index (χ0n) is 14.7. The third kappa shape index (κ3) is 3.33. The summed E-state index contributed by atoms with van der Waals surface area (Å²) < 4.78 is 3.90. The molecule has 2 aromatic heterocycles. The molecule has 7 heteroatoms. The fourth-order valence-corrected chi connectivity index (χ4v) is 4.34. The fourth-order valence-electron chi connectivity index (χ4n) is 4.34. The SMILES string of the molecule is Cn1cc([C@H]2CN(Cc3ccn(C4CCCC4)n3)C[C@@H]2C(N)=O)cn1. The second-order valence-electron chi connectivity index (χ2n) is 7.48. The molecule has 3 heterocycles. The molecule has 2 aliphatic rings. The molecule has 0 aromatic carbocycles. The lowest BCUT2D eigenvalue weighted by molar-refractivity contribution is -0.121. The molecule has 0 spiro atoms. The second-order valence-corrected chi connectivity index (χ2v) is 7.48. The van der Waals surface area contributed by atoms with Gasteiger partial charge >= 0.3 is 0 Å². The van der Waals surface area contributed by atoms with Gasteiger partial charge in [-0.15, -0.1) is 0 Å². The van der Waals surface area contributed by atoms with Crippen LogP contribution in [0.1, 0.15) is 48.9 Å². The number of carbonyl (C=O) groups is 1. The first-order chi connectivity index (χ1) is 12.1. The van der Waals surface area contributed by atoms with Crippen LogP contribution in [0.4, 0.5) is 0 Å². The molecule has 1 amide bonds. The Morgan fingerprint density at radius 1 is 1.32 bits per heavy atom. The van der Waals surface area contributed by atoms with Crippen molar-refractivity contribution in [2.75, 3.05) is 13.1 Å². The zero-order chi connectivity index (χ0) is 17.4. The Bertz CT molecular complexity index is 744. The summed E-state index contributed by atoms with van der Waals surface area (Å²) in [6.45, 7) is 2.26. The highest BCUT2D eigenvalue weighted by atomic mass is 16.1. The van der Waals surface area contributed by atoms with Crippen LogP contribution in [0.15, 0.2) is 24.7 Å². The summed E-state index contributed by atoms with van der Waals surface area (Å²) >= 11 is 0. The standard InChI is InChI=1S/C18H26N6O/c1-22-9-13(8-20-22)16-11-23(12-17(16)18(19)25)10-14-6-7-24(21-14)15-4-2-3-5-15/h6-9,15-17H,2-5,10-12H2,1H3,(H2,19,25)/t16-,17+/m1/s1. The summed E-state index contributed by atoms with van der Waals surface area (Å²) in [7, 11) is 1.89. The van der Waals surface area contributed by atoms with Crippen LogP contribution in [-0.2, 0) is 18.4 Å². The Labute approximate surface area is 147 Å². The topological polar surface area (TPSA) is 82.0 Å². The highest BCUT2D eigenvalue weighted by Crippen LogP contribution is 2.33. The molecule has 1 aliphatic heterocycles. The van der Waals surface area contributed by atoms with Crippen molar-refractivity contribution in [3.63, 3.8) is 0 Å². The van der Waals surface area contributed by atoms with E-state index in [1.807, 2.05) is 19.4 Å². The fraction of sp³-hybridized carbons (Fsp3) is 0.611. The van der Waals surface area contributed by atoms with Crippen molar-refractivity contribution in [3.8, 4) is 0 Å². The van der Waals surface area contributed by atoms with Crippen molar-refractivity contribution < 1.29 is 4.79 Å². The lowest BCUT2D eigenvalue weighted by Crippen LogP contribution is -2.29. The van der Waals surface area contributed by atoms with Gasteiger partial charge < -0.3 is 5.73 Å². The monoisotopic (exact) mass is 342 g/mol. The van der Waals surface area contributed by atoms with E-state index in [0.29, 0.717) is 12.6 Å². The van der Waals surface area contributed by atoms with Crippen LogP contribution < -0.4 is 5.73 Å². The molecule has 0 bridgehead atoms. The molecule has 4 rings (SSSR count). The average Bonchev–Trinajstić information content (AvgIpc) is 3.34. The van der Waals surface area contributed by atoms with Gasteiger partial charge in [0.05, 0.1) is 23.9 Å². The summed E-state index contributed by atoms with van der Waals surface area (Å²) in [6.07, 6.45) is 11.0. The average molecular weight is 342 g/mol. The third-order valence-corrected chi connectivity index (χ3v) is 5.66. The molecule has 1 saturated carbocycles. The third-order valence-electron chi connectivity index (χ3n) is 5.66. The Kier molecular flexibility index (Phi) is 4.33. The molecular weight excluding hydrogens is 316 g/mol. The van der Waals surface area contributed by atoms with E-state index in [9.17, 15) is 4.79 Å². The number of primary amides is 1. The number of likely N-dealkylation sites (tertiary alicyclic amines) is 1. The number of rotatable bonds is 5. The number of nitrogens with zero attached hydrogens (tertiary/aromatic N) is 5.